The van der Waals surface area contributed by atoms with E-state index in [9.17, 15) is 4.39 Å². The third-order valence-electron chi connectivity index (χ3n) is 4.51. The Labute approximate surface area is 150 Å². The number of aromatic nitrogens is 4. The van der Waals surface area contributed by atoms with Gasteiger partial charge < -0.3 is 14.2 Å². The highest BCUT2D eigenvalue weighted by molar-refractivity contribution is 5.54. The van der Waals surface area contributed by atoms with Crippen molar-refractivity contribution in [2.75, 3.05) is 36.0 Å². The fourth-order valence-electron chi connectivity index (χ4n) is 3.06. The molecule has 4 heterocycles. The average molecular weight is 354 g/mol. The van der Waals surface area contributed by atoms with Gasteiger partial charge >= 0.3 is 0 Å². The normalized spacial score (nSPS) is 14.7. The molecule has 26 heavy (non-hydrogen) atoms. The molecule has 1 fully saturated rings. The van der Waals surface area contributed by atoms with Crippen LogP contribution in [0.2, 0.25) is 0 Å². The summed E-state index contributed by atoms with van der Waals surface area (Å²) in [5.74, 6) is 1.57. The van der Waals surface area contributed by atoms with Crippen LogP contribution in [0.4, 0.5) is 16.0 Å². The van der Waals surface area contributed by atoms with Gasteiger partial charge in [-0.05, 0) is 30.7 Å². The van der Waals surface area contributed by atoms with Crippen LogP contribution in [0.1, 0.15) is 12.6 Å². The zero-order valence-corrected chi connectivity index (χ0v) is 14.5. The van der Waals surface area contributed by atoms with Crippen molar-refractivity contribution in [3.8, 4) is 11.5 Å². The Morgan fingerprint density at radius 3 is 2.50 bits per heavy atom. The molecule has 0 spiro atoms. The van der Waals surface area contributed by atoms with E-state index in [1.807, 2.05) is 36.1 Å². The predicted octanol–water partition coefficient (Wildman–Crippen LogP) is 2.55. The van der Waals surface area contributed by atoms with Crippen molar-refractivity contribution in [2.24, 2.45) is 0 Å². The summed E-state index contributed by atoms with van der Waals surface area (Å²) in [6.45, 7) is 4.66. The zero-order chi connectivity index (χ0) is 17.9. The lowest BCUT2D eigenvalue weighted by atomic mass is 10.2. The molecule has 0 atom stereocenters. The Bertz CT molecular complexity index is 860. The second kappa shape index (κ2) is 7.07. The van der Waals surface area contributed by atoms with E-state index in [2.05, 4.69) is 25.1 Å². The highest BCUT2D eigenvalue weighted by Crippen LogP contribution is 2.23. The molecule has 0 saturated carbocycles. The van der Waals surface area contributed by atoms with Gasteiger partial charge in [0, 0.05) is 26.2 Å². The van der Waals surface area contributed by atoms with Gasteiger partial charge in [-0.3, -0.25) is 0 Å². The molecule has 0 amide bonds. The Hall–Kier alpha value is -3.03. The van der Waals surface area contributed by atoms with E-state index < -0.39 is 0 Å². The molecule has 1 aliphatic rings. The number of rotatable bonds is 4. The van der Waals surface area contributed by atoms with E-state index in [1.54, 1.807) is 6.26 Å². The maximum Gasteiger partial charge on any atom is 0.187 e. The molecule has 1 aliphatic heterocycles. The molecule has 0 N–H and O–H groups in total. The van der Waals surface area contributed by atoms with Crippen LogP contribution in [0.5, 0.6) is 0 Å². The smallest absolute Gasteiger partial charge is 0.187 e. The fraction of sp³-hybridized carbons (Fsp3) is 0.333. The van der Waals surface area contributed by atoms with Crippen LogP contribution < -0.4 is 9.80 Å². The van der Waals surface area contributed by atoms with Gasteiger partial charge in [-0.25, -0.2) is 14.4 Å². The van der Waals surface area contributed by atoms with Gasteiger partial charge in [0.05, 0.1) is 12.0 Å². The summed E-state index contributed by atoms with van der Waals surface area (Å²) < 4.78 is 19.8. The van der Waals surface area contributed by atoms with Gasteiger partial charge in [0.2, 0.25) is 0 Å². The quantitative estimate of drug-likeness (QED) is 0.713. The van der Waals surface area contributed by atoms with Crippen LogP contribution >= 0.6 is 0 Å². The number of aryl methyl sites for hydroxylation is 1. The monoisotopic (exact) mass is 354 g/mol. The average Bonchev–Trinajstić information content (AvgIpc) is 3.23. The molecule has 3 aromatic heterocycles. The number of anilines is 2. The summed E-state index contributed by atoms with van der Waals surface area (Å²) in [5.41, 5.74) is 1.16. The highest BCUT2D eigenvalue weighted by Gasteiger charge is 2.23. The zero-order valence-electron chi connectivity index (χ0n) is 14.5. The van der Waals surface area contributed by atoms with Gasteiger partial charge in [0.1, 0.15) is 12.0 Å². The summed E-state index contributed by atoms with van der Waals surface area (Å²) >= 11 is 0. The van der Waals surface area contributed by atoms with E-state index >= 15 is 0 Å². The van der Waals surface area contributed by atoms with E-state index in [4.69, 9.17) is 4.42 Å². The van der Waals surface area contributed by atoms with Crippen LogP contribution in [0.25, 0.3) is 11.5 Å². The number of nitrogens with zero attached hydrogens (tertiary/aromatic N) is 6. The maximum absolute atomic E-state index is 14.4. The number of furan rings is 1. The van der Waals surface area contributed by atoms with Crippen LogP contribution in [-0.4, -0.2) is 46.3 Å². The molecular formula is C18H19FN6O. The van der Waals surface area contributed by atoms with E-state index in [-0.39, 0.29) is 5.82 Å². The lowest BCUT2D eigenvalue weighted by Crippen LogP contribution is -2.47. The number of halogens is 1. The van der Waals surface area contributed by atoms with Gasteiger partial charge in [0.25, 0.3) is 0 Å². The second-order valence-electron chi connectivity index (χ2n) is 6.04. The Balaban J connectivity index is 1.44. The summed E-state index contributed by atoms with van der Waals surface area (Å²) in [4.78, 5) is 12.2. The summed E-state index contributed by atoms with van der Waals surface area (Å²) in [6.07, 6.45) is 3.60. The molecule has 134 valence electrons. The van der Waals surface area contributed by atoms with Gasteiger partial charge in [-0.15, -0.1) is 10.2 Å². The minimum Gasteiger partial charge on any atom is -0.463 e. The van der Waals surface area contributed by atoms with E-state index in [0.717, 1.165) is 18.9 Å². The minimum atomic E-state index is -0.314. The SMILES string of the molecule is CCc1ncnc(N2CCN(c3ccc(-c4ccco4)nn3)CC2)c1F. The first kappa shape index (κ1) is 16.4. The van der Waals surface area contributed by atoms with Crippen molar-refractivity contribution < 1.29 is 8.81 Å². The number of piperazine rings is 1. The number of hydrogen-bond donors (Lipinski definition) is 0. The second-order valence-corrected chi connectivity index (χ2v) is 6.04. The predicted molar refractivity (Wildman–Crippen MR) is 95.5 cm³/mol. The lowest BCUT2D eigenvalue weighted by Gasteiger charge is -2.35. The van der Waals surface area contributed by atoms with Crippen molar-refractivity contribution in [1.29, 1.82) is 0 Å². The van der Waals surface area contributed by atoms with Gasteiger partial charge in [-0.1, -0.05) is 6.92 Å². The molecule has 0 radical (unpaired) electrons. The van der Waals surface area contributed by atoms with Crippen LogP contribution in [0.15, 0.2) is 41.3 Å². The standard InChI is InChI=1S/C18H19FN6O/c1-2-13-17(19)18(21-12-20-13)25-9-7-24(8-10-25)16-6-5-14(22-23-16)15-4-3-11-26-15/h3-6,11-12H,2,7-10H2,1H3. The summed E-state index contributed by atoms with van der Waals surface area (Å²) in [7, 11) is 0. The molecule has 7 nitrogen and oxygen atoms in total. The number of hydrogen-bond acceptors (Lipinski definition) is 7. The fourth-order valence-corrected chi connectivity index (χ4v) is 3.06. The summed E-state index contributed by atoms with van der Waals surface area (Å²) in [6, 6.07) is 7.50. The molecular weight excluding hydrogens is 335 g/mol. The molecule has 0 unspecified atom stereocenters. The highest BCUT2D eigenvalue weighted by atomic mass is 19.1. The van der Waals surface area contributed by atoms with Crippen molar-refractivity contribution in [3.05, 3.63) is 48.4 Å². The Morgan fingerprint density at radius 2 is 1.85 bits per heavy atom. The molecule has 0 aromatic carbocycles. The molecule has 3 aromatic rings. The first-order valence-corrected chi connectivity index (χ1v) is 8.63. The topological polar surface area (TPSA) is 71.2 Å². The summed E-state index contributed by atoms with van der Waals surface area (Å²) in [5, 5.41) is 8.53. The Kier molecular flexibility index (Phi) is 4.47. The van der Waals surface area contributed by atoms with Crippen molar-refractivity contribution in [2.45, 2.75) is 13.3 Å². The molecule has 0 bridgehead atoms. The molecule has 0 aliphatic carbocycles. The third-order valence-corrected chi connectivity index (χ3v) is 4.51. The first-order valence-electron chi connectivity index (χ1n) is 8.63. The van der Waals surface area contributed by atoms with Crippen molar-refractivity contribution in [1.82, 2.24) is 20.2 Å². The minimum absolute atomic E-state index is 0.314. The van der Waals surface area contributed by atoms with Crippen LogP contribution in [0.3, 0.4) is 0 Å². The van der Waals surface area contributed by atoms with E-state index in [1.165, 1.54) is 6.33 Å². The third kappa shape index (κ3) is 3.10. The van der Waals surface area contributed by atoms with Gasteiger partial charge in [0.15, 0.2) is 23.2 Å². The molecule has 8 heteroatoms. The Morgan fingerprint density at radius 1 is 1.04 bits per heavy atom. The lowest BCUT2D eigenvalue weighted by molar-refractivity contribution is 0.567. The first-order chi connectivity index (χ1) is 12.8. The van der Waals surface area contributed by atoms with Crippen molar-refractivity contribution >= 4 is 11.6 Å². The van der Waals surface area contributed by atoms with E-state index in [0.29, 0.717) is 42.5 Å². The molecule has 4 rings (SSSR count). The molecule has 1 saturated heterocycles. The largest absolute Gasteiger partial charge is 0.463 e. The van der Waals surface area contributed by atoms with Gasteiger partial charge in [-0.2, -0.15) is 0 Å². The van der Waals surface area contributed by atoms with Crippen LogP contribution in [-0.2, 0) is 6.42 Å². The maximum atomic E-state index is 14.4. The van der Waals surface area contributed by atoms with Crippen LogP contribution in [0, 0.1) is 5.82 Å². The van der Waals surface area contributed by atoms with Crippen molar-refractivity contribution in [3.63, 3.8) is 0 Å².